The van der Waals surface area contributed by atoms with Gasteiger partial charge in [0.25, 0.3) is 5.91 Å². The molecule has 0 atom stereocenters. The number of benzene rings is 1. The van der Waals surface area contributed by atoms with Crippen molar-refractivity contribution in [2.75, 3.05) is 5.32 Å². The number of nitrogens with zero attached hydrogens (tertiary/aromatic N) is 3. The van der Waals surface area contributed by atoms with Crippen molar-refractivity contribution in [1.29, 1.82) is 0 Å². The van der Waals surface area contributed by atoms with E-state index in [2.05, 4.69) is 15.4 Å². The number of nitrogens with one attached hydrogen (secondary N) is 1. The molecule has 0 aliphatic carbocycles. The first-order chi connectivity index (χ1) is 9.95. The van der Waals surface area contributed by atoms with Gasteiger partial charge in [-0.05, 0) is 12.1 Å². The highest BCUT2D eigenvalue weighted by molar-refractivity contribution is 7.14. The van der Waals surface area contributed by atoms with Crippen LogP contribution in [0.5, 0.6) is 0 Å². The Hall–Kier alpha value is -2.42. The van der Waals surface area contributed by atoms with Crippen molar-refractivity contribution in [2.24, 2.45) is 0 Å². The number of rotatable bonds is 2. The SMILES string of the molecule is O=C(Nc1ccccc1C(F)(F)F)c1cn2ncsc2n1. The van der Waals surface area contributed by atoms with Crippen molar-refractivity contribution in [3.63, 3.8) is 0 Å². The molecule has 9 heteroatoms. The standard InChI is InChI=1S/C12H7F3N4OS/c13-12(14,15)7-3-1-2-4-8(7)17-10(20)9-5-19-11(18-9)21-6-16-19/h1-6H,(H,17,20). The van der Waals surface area contributed by atoms with Gasteiger partial charge in [-0.25, -0.2) is 9.50 Å². The van der Waals surface area contributed by atoms with E-state index in [1.165, 1.54) is 40.2 Å². The van der Waals surface area contributed by atoms with Crippen LogP contribution in [0.1, 0.15) is 16.1 Å². The first kappa shape index (κ1) is 13.6. The Kier molecular flexibility index (Phi) is 3.13. The van der Waals surface area contributed by atoms with Crippen LogP contribution in [0, 0.1) is 0 Å². The van der Waals surface area contributed by atoms with Crippen molar-refractivity contribution in [2.45, 2.75) is 6.18 Å². The molecule has 0 unspecified atom stereocenters. The van der Waals surface area contributed by atoms with Crippen LogP contribution in [-0.4, -0.2) is 20.5 Å². The maximum atomic E-state index is 12.8. The van der Waals surface area contributed by atoms with Gasteiger partial charge in [0.2, 0.25) is 4.96 Å². The van der Waals surface area contributed by atoms with Crippen molar-refractivity contribution < 1.29 is 18.0 Å². The molecule has 3 rings (SSSR count). The number of hydrogen-bond donors (Lipinski definition) is 1. The highest BCUT2D eigenvalue weighted by Crippen LogP contribution is 2.34. The second kappa shape index (κ2) is 4.85. The quantitative estimate of drug-likeness (QED) is 0.791. The lowest BCUT2D eigenvalue weighted by Crippen LogP contribution is -2.16. The van der Waals surface area contributed by atoms with Gasteiger partial charge in [0, 0.05) is 0 Å². The molecule has 1 amide bonds. The van der Waals surface area contributed by atoms with Gasteiger partial charge >= 0.3 is 6.18 Å². The number of carbonyl (C=O) groups excluding carboxylic acids is 1. The first-order valence-corrected chi connectivity index (χ1v) is 6.59. The Morgan fingerprint density at radius 2 is 2.05 bits per heavy atom. The number of alkyl halides is 3. The Labute approximate surface area is 120 Å². The second-order valence-electron chi connectivity index (χ2n) is 4.09. The molecule has 0 saturated heterocycles. The molecule has 1 aromatic carbocycles. The van der Waals surface area contributed by atoms with E-state index in [1.54, 1.807) is 5.51 Å². The van der Waals surface area contributed by atoms with Gasteiger partial charge in [0.1, 0.15) is 11.2 Å². The summed E-state index contributed by atoms with van der Waals surface area (Å²) in [6.45, 7) is 0. The molecule has 5 nitrogen and oxygen atoms in total. The lowest BCUT2D eigenvalue weighted by Gasteiger charge is -2.12. The number of hydrogen-bond acceptors (Lipinski definition) is 4. The molecule has 0 aliphatic heterocycles. The van der Waals surface area contributed by atoms with Gasteiger partial charge in [-0.2, -0.15) is 18.3 Å². The summed E-state index contributed by atoms with van der Waals surface area (Å²) in [7, 11) is 0. The number of halogens is 3. The zero-order chi connectivity index (χ0) is 15.0. The molecular weight excluding hydrogens is 305 g/mol. The number of amides is 1. The number of carbonyl (C=O) groups is 1. The van der Waals surface area contributed by atoms with E-state index >= 15 is 0 Å². The third-order valence-corrected chi connectivity index (χ3v) is 3.39. The molecule has 0 saturated carbocycles. The fourth-order valence-electron chi connectivity index (χ4n) is 1.77. The van der Waals surface area contributed by atoms with Gasteiger partial charge in [0.15, 0.2) is 0 Å². The molecule has 0 spiro atoms. The van der Waals surface area contributed by atoms with E-state index in [4.69, 9.17) is 0 Å². The third kappa shape index (κ3) is 2.59. The minimum Gasteiger partial charge on any atom is -0.320 e. The van der Waals surface area contributed by atoms with Crippen LogP contribution in [0.4, 0.5) is 18.9 Å². The molecule has 0 bridgehead atoms. The van der Waals surface area contributed by atoms with Crippen LogP contribution in [-0.2, 0) is 6.18 Å². The lowest BCUT2D eigenvalue weighted by atomic mass is 10.1. The van der Waals surface area contributed by atoms with Crippen LogP contribution >= 0.6 is 11.3 Å². The average Bonchev–Trinajstić information content (AvgIpc) is 2.98. The Balaban J connectivity index is 1.90. The minimum absolute atomic E-state index is 0.00586. The van der Waals surface area contributed by atoms with Crippen molar-refractivity contribution >= 4 is 27.9 Å². The molecular formula is C12H7F3N4OS. The van der Waals surface area contributed by atoms with Gasteiger partial charge in [-0.15, -0.1) is 0 Å². The highest BCUT2D eigenvalue weighted by atomic mass is 32.1. The van der Waals surface area contributed by atoms with Crippen LogP contribution in [0.25, 0.3) is 4.96 Å². The predicted octanol–water partition coefficient (Wildman–Crippen LogP) is 3.06. The summed E-state index contributed by atoms with van der Waals surface area (Å²) in [6, 6.07) is 4.77. The predicted molar refractivity (Wildman–Crippen MR) is 70.3 cm³/mol. The monoisotopic (exact) mass is 312 g/mol. The van der Waals surface area contributed by atoms with Crippen molar-refractivity contribution in [1.82, 2.24) is 14.6 Å². The molecule has 21 heavy (non-hydrogen) atoms. The zero-order valence-electron chi connectivity index (χ0n) is 10.3. The van der Waals surface area contributed by atoms with E-state index in [1.807, 2.05) is 0 Å². The summed E-state index contributed by atoms with van der Waals surface area (Å²) in [5, 5.41) is 6.12. The smallest absolute Gasteiger partial charge is 0.320 e. The summed E-state index contributed by atoms with van der Waals surface area (Å²) < 4.78 is 39.9. The first-order valence-electron chi connectivity index (χ1n) is 5.71. The fourth-order valence-corrected chi connectivity index (χ4v) is 2.38. The van der Waals surface area contributed by atoms with Gasteiger partial charge < -0.3 is 5.32 Å². The molecule has 108 valence electrons. The summed E-state index contributed by atoms with van der Waals surface area (Å²) in [4.78, 5) is 16.5. The van der Waals surface area contributed by atoms with Crippen LogP contribution in [0.2, 0.25) is 0 Å². The maximum absolute atomic E-state index is 12.8. The third-order valence-electron chi connectivity index (χ3n) is 2.70. The van der Waals surface area contributed by atoms with E-state index < -0.39 is 17.6 Å². The topological polar surface area (TPSA) is 59.3 Å². The normalized spacial score (nSPS) is 11.8. The van der Waals surface area contributed by atoms with E-state index in [-0.39, 0.29) is 11.4 Å². The summed E-state index contributed by atoms with van der Waals surface area (Å²) >= 11 is 1.22. The van der Waals surface area contributed by atoms with Crippen molar-refractivity contribution in [3.8, 4) is 0 Å². The van der Waals surface area contributed by atoms with Crippen LogP contribution in [0.3, 0.4) is 0 Å². The largest absolute Gasteiger partial charge is 0.418 e. The van der Waals surface area contributed by atoms with Gasteiger partial charge in [-0.1, -0.05) is 23.5 Å². The maximum Gasteiger partial charge on any atom is 0.418 e. The van der Waals surface area contributed by atoms with Gasteiger partial charge in [-0.3, -0.25) is 4.79 Å². The summed E-state index contributed by atoms with van der Waals surface area (Å²) in [5.41, 5.74) is 0.339. The Morgan fingerprint density at radius 3 is 2.76 bits per heavy atom. The summed E-state index contributed by atoms with van der Waals surface area (Å²) in [5.74, 6) is -0.718. The average molecular weight is 312 g/mol. The molecule has 2 aromatic heterocycles. The van der Waals surface area contributed by atoms with Crippen molar-refractivity contribution in [3.05, 3.63) is 47.2 Å². The van der Waals surface area contributed by atoms with E-state index in [0.717, 1.165) is 6.07 Å². The molecule has 0 aliphatic rings. The Morgan fingerprint density at radius 1 is 1.29 bits per heavy atom. The fraction of sp³-hybridized carbons (Fsp3) is 0.0833. The number of para-hydroxylation sites is 1. The number of imidazole rings is 1. The molecule has 1 N–H and O–H groups in total. The summed E-state index contributed by atoms with van der Waals surface area (Å²) in [6.07, 6.45) is -3.18. The number of aromatic nitrogens is 3. The number of anilines is 1. The molecule has 0 radical (unpaired) electrons. The van der Waals surface area contributed by atoms with E-state index in [9.17, 15) is 18.0 Å². The van der Waals surface area contributed by atoms with Crippen LogP contribution < -0.4 is 5.32 Å². The Bertz CT molecular complexity index is 780. The molecule has 3 aromatic rings. The lowest BCUT2D eigenvalue weighted by molar-refractivity contribution is -0.136. The minimum atomic E-state index is -4.54. The second-order valence-corrected chi connectivity index (χ2v) is 4.90. The molecule has 2 heterocycles. The zero-order valence-corrected chi connectivity index (χ0v) is 11.1. The van der Waals surface area contributed by atoms with Gasteiger partial charge in [0.05, 0.1) is 17.4 Å². The highest BCUT2D eigenvalue weighted by Gasteiger charge is 2.33. The molecule has 0 fully saturated rings. The van der Waals surface area contributed by atoms with E-state index in [0.29, 0.717) is 4.96 Å². The van der Waals surface area contributed by atoms with Crippen LogP contribution in [0.15, 0.2) is 36.0 Å². The number of fused-ring (bicyclic) bond motifs is 1.